The summed E-state index contributed by atoms with van der Waals surface area (Å²) in [5, 5.41) is 2.80. The Morgan fingerprint density at radius 3 is 2.33 bits per heavy atom. The monoisotopic (exact) mass is 241 g/mol. The van der Waals surface area contributed by atoms with E-state index < -0.39 is 0 Å². The van der Waals surface area contributed by atoms with E-state index in [0.717, 1.165) is 5.69 Å². The molecule has 2 amide bonds. The molecule has 0 aliphatic carbocycles. The Bertz CT molecular complexity index is 540. The second-order valence-corrected chi connectivity index (χ2v) is 3.91. The van der Waals surface area contributed by atoms with Gasteiger partial charge in [0.05, 0.1) is 11.4 Å². The molecule has 0 saturated carbocycles. The van der Waals surface area contributed by atoms with Crippen LogP contribution in [-0.2, 0) is 0 Å². The first kappa shape index (κ1) is 12.0. The predicted molar refractivity (Wildman–Crippen MR) is 74.7 cm³/mol. The van der Waals surface area contributed by atoms with Gasteiger partial charge in [0, 0.05) is 12.7 Å². The molecule has 0 aromatic heterocycles. The van der Waals surface area contributed by atoms with E-state index in [1.807, 2.05) is 42.5 Å². The highest BCUT2D eigenvalue weighted by molar-refractivity contribution is 6.03. The van der Waals surface area contributed by atoms with Crippen LogP contribution >= 0.6 is 0 Å². The molecule has 4 nitrogen and oxygen atoms in total. The van der Waals surface area contributed by atoms with Crippen LogP contribution in [0.25, 0.3) is 0 Å². The van der Waals surface area contributed by atoms with Crippen LogP contribution in [0.15, 0.2) is 54.6 Å². The number of amides is 2. The third-order valence-corrected chi connectivity index (χ3v) is 2.63. The zero-order valence-corrected chi connectivity index (χ0v) is 10.1. The van der Waals surface area contributed by atoms with Gasteiger partial charge in [0.1, 0.15) is 0 Å². The van der Waals surface area contributed by atoms with Crippen LogP contribution in [0.4, 0.5) is 21.9 Å². The van der Waals surface area contributed by atoms with Gasteiger partial charge in [0.25, 0.3) is 0 Å². The molecular formula is C14H15N3O. The number of rotatable bonds is 2. The van der Waals surface area contributed by atoms with Crippen molar-refractivity contribution in [2.45, 2.75) is 0 Å². The second-order valence-electron chi connectivity index (χ2n) is 3.91. The number of carbonyl (C=O) groups excluding carboxylic acids is 1. The lowest BCUT2D eigenvalue weighted by Gasteiger charge is -2.19. The average molecular weight is 241 g/mol. The van der Waals surface area contributed by atoms with Gasteiger partial charge in [-0.15, -0.1) is 0 Å². The zero-order valence-electron chi connectivity index (χ0n) is 10.1. The number of nitrogens with two attached hydrogens (primary N) is 1. The molecule has 0 aliphatic rings. The number of anilines is 3. The van der Waals surface area contributed by atoms with Crippen LogP contribution in [0.5, 0.6) is 0 Å². The van der Waals surface area contributed by atoms with E-state index in [4.69, 9.17) is 5.73 Å². The Kier molecular flexibility index (Phi) is 3.48. The lowest BCUT2D eigenvalue weighted by atomic mass is 10.2. The largest absolute Gasteiger partial charge is 0.397 e. The number of para-hydroxylation sites is 3. The molecule has 0 unspecified atom stereocenters. The zero-order chi connectivity index (χ0) is 13.0. The van der Waals surface area contributed by atoms with E-state index in [2.05, 4.69) is 5.32 Å². The number of urea groups is 1. The number of carbonyl (C=O) groups is 1. The molecule has 0 aliphatic heterocycles. The normalized spacial score (nSPS) is 9.83. The Morgan fingerprint density at radius 1 is 1.06 bits per heavy atom. The van der Waals surface area contributed by atoms with Crippen molar-refractivity contribution >= 4 is 23.1 Å². The summed E-state index contributed by atoms with van der Waals surface area (Å²) in [6, 6.07) is 16.3. The first-order chi connectivity index (χ1) is 8.68. The molecule has 2 rings (SSSR count). The van der Waals surface area contributed by atoms with E-state index in [9.17, 15) is 4.79 Å². The van der Waals surface area contributed by atoms with Gasteiger partial charge in [-0.05, 0) is 24.3 Å². The third-order valence-electron chi connectivity index (χ3n) is 2.63. The van der Waals surface area contributed by atoms with Crippen molar-refractivity contribution in [3.63, 3.8) is 0 Å². The fraction of sp³-hybridized carbons (Fsp3) is 0.0714. The van der Waals surface area contributed by atoms with Crippen LogP contribution in [0.1, 0.15) is 0 Å². The average Bonchev–Trinajstić information content (AvgIpc) is 2.39. The summed E-state index contributed by atoms with van der Waals surface area (Å²) in [5.74, 6) is 0. The molecule has 0 fully saturated rings. The minimum atomic E-state index is -0.223. The van der Waals surface area contributed by atoms with Crippen LogP contribution in [-0.4, -0.2) is 13.1 Å². The van der Waals surface area contributed by atoms with Crippen LogP contribution < -0.4 is 16.0 Å². The summed E-state index contributed by atoms with van der Waals surface area (Å²) in [6.45, 7) is 0. The summed E-state index contributed by atoms with van der Waals surface area (Å²) in [5.41, 5.74) is 7.84. The second kappa shape index (κ2) is 5.23. The van der Waals surface area contributed by atoms with E-state index >= 15 is 0 Å². The molecule has 0 heterocycles. The van der Waals surface area contributed by atoms with Gasteiger partial charge in [-0.3, -0.25) is 4.90 Å². The first-order valence-electron chi connectivity index (χ1n) is 5.63. The van der Waals surface area contributed by atoms with Crippen LogP contribution in [0.2, 0.25) is 0 Å². The maximum Gasteiger partial charge on any atom is 0.326 e. The Morgan fingerprint density at radius 2 is 1.67 bits per heavy atom. The van der Waals surface area contributed by atoms with Crippen molar-refractivity contribution in [1.82, 2.24) is 0 Å². The highest BCUT2D eigenvalue weighted by atomic mass is 16.2. The molecule has 2 aromatic carbocycles. The molecule has 0 bridgehead atoms. The SMILES string of the molecule is CN(C(=O)Nc1ccccc1)c1ccccc1N. The van der Waals surface area contributed by atoms with Crippen molar-refractivity contribution in [2.24, 2.45) is 0 Å². The van der Waals surface area contributed by atoms with Gasteiger partial charge >= 0.3 is 6.03 Å². The summed E-state index contributed by atoms with van der Waals surface area (Å²) >= 11 is 0. The number of hydrogen-bond donors (Lipinski definition) is 2. The molecular weight excluding hydrogens is 226 g/mol. The Labute approximate surface area is 106 Å². The van der Waals surface area contributed by atoms with Gasteiger partial charge in [-0.2, -0.15) is 0 Å². The maximum atomic E-state index is 12.0. The molecule has 18 heavy (non-hydrogen) atoms. The summed E-state index contributed by atoms with van der Waals surface area (Å²) in [6.07, 6.45) is 0. The first-order valence-corrected chi connectivity index (χ1v) is 5.63. The highest BCUT2D eigenvalue weighted by Crippen LogP contribution is 2.21. The smallest absolute Gasteiger partial charge is 0.326 e. The van der Waals surface area contributed by atoms with Crippen molar-refractivity contribution < 1.29 is 4.79 Å². The standard InChI is InChI=1S/C14H15N3O/c1-17(13-10-6-5-9-12(13)15)14(18)16-11-7-3-2-4-8-11/h2-10H,15H2,1H3,(H,16,18). The molecule has 0 atom stereocenters. The molecule has 0 saturated heterocycles. The summed E-state index contributed by atoms with van der Waals surface area (Å²) in [4.78, 5) is 13.5. The summed E-state index contributed by atoms with van der Waals surface area (Å²) < 4.78 is 0. The molecule has 4 heteroatoms. The Hall–Kier alpha value is -2.49. The van der Waals surface area contributed by atoms with E-state index in [0.29, 0.717) is 11.4 Å². The van der Waals surface area contributed by atoms with Crippen molar-refractivity contribution in [3.05, 3.63) is 54.6 Å². The van der Waals surface area contributed by atoms with Gasteiger partial charge in [-0.1, -0.05) is 30.3 Å². The number of nitrogen functional groups attached to an aromatic ring is 1. The number of nitrogens with one attached hydrogen (secondary N) is 1. The lowest BCUT2D eigenvalue weighted by molar-refractivity contribution is 0.258. The maximum absolute atomic E-state index is 12.0. The molecule has 0 radical (unpaired) electrons. The minimum absolute atomic E-state index is 0.223. The fourth-order valence-electron chi connectivity index (χ4n) is 1.63. The van der Waals surface area contributed by atoms with Gasteiger partial charge in [0.2, 0.25) is 0 Å². The number of nitrogens with zero attached hydrogens (tertiary/aromatic N) is 1. The predicted octanol–water partition coefficient (Wildman–Crippen LogP) is 2.94. The van der Waals surface area contributed by atoms with E-state index in [-0.39, 0.29) is 6.03 Å². The molecule has 92 valence electrons. The number of hydrogen-bond acceptors (Lipinski definition) is 2. The molecule has 3 N–H and O–H groups in total. The molecule has 0 spiro atoms. The quantitative estimate of drug-likeness (QED) is 0.794. The van der Waals surface area contributed by atoms with Crippen LogP contribution in [0, 0.1) is 0 Å². The molecule has 2 aromatic rings. The van der Waals surface area contributed by atoms with E-state index in [1.54, 1.807) is 19.2 Å². The van der Waals surface area contributed by atoms with Gasteiger partial charge in [0.15, 0.2) is 0 Å². The number of benzene rings is 2. The van der Waals surface area contributed by atoms with Gasteiger partial charge < -0.3 is 11.1 Å². The minimum Gasteiger partial charge on any atom is -0.397 e. The van der Waals surface area contributed by atoms with Crippen LogP contribution in [0.3, 0.4) is 0 Å². The lowest BCUT2D eigenvalue weighted by Crippen LogP contribution is -2.31. The third kappa shape index (κ3) is 2.60. The fourth-order valence-corrected chi connectivity index (χ4v) is 1.63. The van der Waals surface area contributed by atoms with Crippen molar-refractivity contribution in [2.75, 3.05) is 23.0 Å². The van der Waals surface area contributed by atoms with Crippen molar-refractivity contribution in [1.29, 1.82) is 0 Å². The Balaban J connectivity index is 2.13. The van der Waals surface area contributed by atoms with E-state index in [1.165, 1.54) is 4.90 Å². The summed E-state index contributed by atoms with van der Waals surface area (Å²) in [7, 11) is 1.68. The van der Waals surface area contributed by atoms with Gasteiger partial charge in [-0.25, -0.2) is 4.79 Å². The van der Waals surface area contributed by atoms with Crippen molar-refractivity contribution in [3.8, 4) is 0 Å². The topological polar surface area (TPSA) is 58.4 Å². The highest BCUT2D eigenvalue weighted by Gasteiger charge is 2.12.